The van der Waals surface area contributed by atoms with Gasteiger partial charge in [-0.2, -0.15) is 0 Å². The van der Waals surface area contributed by atoms with Crippen LogP contribution in [0.15, 0.2) is 16.6 Å². The van der Waals surface area contributed by atoms with Crippen molar-refractivity contribution in [1.82, 2.24) is 0 Å². The van der Waals surface area contributed by atoms with Gasteiger partial charge in [-0.3, -0.25) is 4.79 Å². The van der Waals surface area contributed by atoms with Gasteiger partial charge in [0.2, 0.25) is 6.41 Å². The Kier molecular flexibility index (Phi) is 2.81. The zero-order valence-corrected chi connectivity index (χ0v) is 7.98. The minimum absolute atomic E-state index is 0.331. The Morgan fingerprint density at radius 1 is 1.58 bits per heavy atom. The molecular weight excluding hydrogens is 225 g/mol. The average Bonchev–Trinajstić information content (AvgIpc) is 2.01. The fraction of sp³-hybridized carbons (Fsp3) is 0.125. The normalized spacial score (nSPS) is 9.58. The van der Waals surface area contributed by atoms with Gasteiger partial charge in [-0.25, -0.2) is 4.39 Å². The van der Waals surface area contributed by atoms with Crippen molar-refractivity contribution < 1.29 is 9.18 Å². The Hall–Kier alpha value is -0.900. The number of rotatable bonds is 2. The van der Waals surface area contributed by atoms with Gasteiger partial charge in [-0.15, -0.1) is 0 Å². The Morgan fingerprint density at radius 2 is 2.25 bits per heavy atom. The molecule has 1 N–H and O–H groups in total. The summed E-state index contributed by atoms with van der Waals surface area (Å²) in [7, 11) is 0. The fourth-order valence-corrected chi connectivity index (χ4v) is 1.39. The summed E-state index contributed by atoms with van der Waals surface area (Å²) in [6.45, 7) is 1.66. The molecule has 0 aliphatic heterocycles. The van der Waals surface area contributed by atoms with Crippen LogP contribution in [0, 0.1) is 12.7 Å². The molecule has 1 rings (SSSR count). The first kappa shape index (κ1) is 9.19. The van der Waals surface area contributed by atoms with Gasteiger partial charge in [0.1, 0.15) is 5.82 Å². The lowest BCUT2D eigenvalue weighted by atomic mass is 10.2. The number of benzene rings is 1. The van der Waals surface area contributed by atoms with E-state index in [9.17, 15) is 9.18 Å². The molecule has 0 aliphatic carbocycles. The molecule has 0 radical (unpaired) electrons. The summed E-state index contributed by atoms with van der Waals surface area (Å²) in [6.07, 6.45) is 0.509. The van der Waals surface area contributed by atoms with Crippen molar-refractivity contribution >= 4 is 28.0 Å². The Labute approximate surface area is 77.9 Å². The SMILES string of the molecule is Cc1cc(Br)c(NC=O)cc1F. The minimum Gasteiger partial charge on any atom is -0.328 e. The number of anilines is 1. The number of carbonyl (C=O) groups is 1. The van der Waals surface area contributed by atoms with Crippen LogP contribution in [0.5, 0.6) is 0 Å². The van der Waals surface area contributed by atoms with Gasteiger partial charge in [0.15, 0.2) is 0 Å². The molecule has 0 spiro atoms. The molecule has 0 unspecified atom stereocenters. The van der Waals surface area contributed by atoms with E-state index >= 15 is 0 Å². The van der Waals surface area contributed by atoms with Crippen molar-refractivity contribution in [2.24, 2.45) is 0 Å². The summed E-state index contributed by atoms with van der Waals surface area (Å²) in [5.41, 5.74) is 0.978. The zero-order chi connectivity index (χ0) is 9.14. The maximum absolute atomic E-state index is 12.9. The topological polar surface area (TPSA) is 29.1 Å². The number of halogens is 2. The molecule has 64 valence electrons. The van der Waals surface area contributed by atoms with E-state index in [4.69, 9.17) is 0 Å². The third kappa shape index (κ3) is 1.82. The Bertz CT molecular complexity index is 314. The average molecular weight is 232 g/mol. The molecule has 1 amide bonds. The highest BCUT2D eigenvalue weighted by atomic mass is 79.9. The highest BCUT2D eigenvalue weighted by molar-refractivity contribution is 9.10. The first-order valence-corrected chi connectivity index (χ1v) is 4.10. The first-order chi connectivity index (χ1) is 5.65. The molecule has 0 fully saturated rings. The van der Waals surface area contributed by atoms with Gasteiger partial charge in [-0.05, 0) is 40.5 Å². The molecule has 1 aromatic rings. The number of carbonyl (C=O) groups excluding carboxylic acids is 1. The molecule has 0 aromatic heterocycles. The van der Waals surface area contributed by atoms with Crippen LogP contribution in [0.2, 0.25) is 0 Å². The van der Waals surface area contributed by atoms with Crippen LogP contribution >= 0.6 is 15.9 Å². The lowest BCUT2D eigenvalue weighted by Gasteiger charge is -2.04. The summed E-state index contributed by atoms with van der Waals surface area (Å²) >= 11 is 3.19. The van der Waals surface area contributed by atoms with Crippen LogP contribution in [0.1, 0.15) is 5.56 Å². The molecule has 0 saturated heterocycles. The van der Waals surface area contributed by atoms with Gasteiger partial charge in [-0.1, -0.05) is 0 Å². The van der Waals surface area contributed by atoms with Crippen molar-refractivity contribution in [2.45, 2.75) is 6.92 Å². The largest absolute Gasteiger partial charge is 0.328 e. The second kappa shape index (κ2) is 3.67. The fourth-order valence-electron chi connectivity index (χ4n) is 0.820. The third-order valence-electron chi connectivity index (χ3n) is 1.46. The van der Waals surface area contributed by atoms with E-state index in [0.29, 0.717) is 22.1 Å². The van der Waals surface area contributed by atoms with Crippen LogP contribution in [0.4, 0.5) is 10.1 Å². The molecule has 0 saturated carbocycles. The van der Waals surface area contributed by atoms with Crippen molar-refractivity contribution in [3.05, 3.63) is 28.0 Å². The summed E-state index contributed by atoms with van der Waals surface area (Å²) in [6, 6.07) is 2.88. The maximum atomic E-state index is 12.9. The molecule has 1 aromatic carbocycles. The maximum Gasteiger partial charge on any atom is 0.211 e. The van der Waals surface area contributed by atoms with Gasteiger partial charge >= 0.3 is 0 Å². The van der Waals surface area contributed by atoms with Gasteiger partial charge in [0.05, 0.1) is 5.69 Å². The van der Waals surface area contributed by atoms with Crippen molar-refractivity contribution in [2.75, 3.05) is 5.32 Å². The van der Waals surface area contributed by atoms with Crippen molar-refractivity contribution in [3.63, 3.8) is 0 Å². The van der Waals surface area contributed by atoms with Crippen molar-refractivity contribution in [1.29, 1.82) is 0 Å². The summed E-state index contributed by atoms with van der Waals surface area (Å²) in [4.78, 5) is 10.1. The van der Waals surface area contributed by atoms with Crippen LogP contribution in [0.25, 0.3) is 0 Å². The van der Waals surface area contributed by atoms with Gasteiger partial charge < -0.3 is 5.32 Å². The van der Waals surface area contributed by atoms with E-state index in [0.717, 1.165) is 0 Å². The van der Waals surface area contributed by atoms with E-state index in [1.165, 1.54) is 6.07 Å². The summed E-state index contributed by atoms with van der Waals surface area (Å²) < 4.78 is 13.6. The van der Waals surface area contributed by atoms with Crippen LogP contribution < -0.4 is 5.32 Å². The van der Waals surface area contributed by atoms with Crippen LogP contribution in [-0.4, -0.2) is 6.41 Å². The van der Waals surface area contributed by atoms with Crippen molar-refractivity contribution in [3.8, 4) is 0 Å². The van der Waals surface area contributed by atoms with E-state index in [1.54, 1.807) is 13.0 Å². The van der Waals surface area contributed by atoms with E-state index < -0.39 is 0 Å². The van der Waals surface area contributed by atoms with Crippen LogP contribution in [0.3, 0.4) is 0 Å². The monoisotopic (exact) mass is 231 g/mol. The standard InChI is InChI=1S/C8H7BrFNO/c1-5-2-6(9)8(11-4-12)3-7(5)10/h2-4H,1H3,(H,11,12). The summed E-state index contributed by atoms with van der Waals surface area (Å²) in [5, 5.41) is 2.38. The third-order valence-corrected chi connectivity index (χ3v) is 2.12. The van der Waals surface area contributed by atoms with E-state index in [2.05, 4.69) is 21.2 Å². The Balaban J connectivity index is 3.13. The minimum atomic E-state index is -0.331. The predicted octanol–water partition coefficient (Wildman–Crippen LogP) is 2.46. The number of amides is 1. The zero-order valence-electron chi connectivity index (χ0n) is 6.40. The quantitative estimate of drug-likeness (QED) is 0.779. The number of hydrogen-bond acceptors (Lipinski definition) is 1. The highest BCUT2D eigenvalue weighted by Crippen LogP contribution is 2.24. The molecular formula is C8H7BrFNO. The molecule has 0 aliphatic rings. The second-order valence-corrected chi connectivity index (χ2v) is 3.20. The van der Waals surface area contributed by atoms with E-state index in [1.807, 2.05) is 0 Å². The first-order valence-electron chi connectivity index (χ1n) is 3.31. The molecule has 4 heteroatoms. The predicted molar refractivity (Wildman–Crippen MR) is 48.5 cm³/mol. The number of aryl methyl sites for hydroxylation is 1. The molecule has 0 atom stereocenters. The Morgan fingerprint density at radius 3 is 2.83 bits per heavy atom. The number of hydrogen-bond donors (Lipinski definition) is 1. The molecule has 12 heavy (non-hydrogen) atoms. The lowest BCUT2D eigenvalue weighted by molar-refractivity contribution is -0.105. The smallest absolute Gasteiger partial charge is 0.211 e. The molecule has 0 heterocycles. The molecule has 2 nitrogen and oxygen atoms in total. The van der Waals surface area contributed by atoms with Crippen LogP contribution in [-0.2, 0) is 4.79 Å². The number of nitrogens with one attached hydrogen (secondary N) is 1. The summed E-state index contributed by atoms with van der Waals surface area (Å²) in [5.74, 6) is -0.331. The molecule has 0 bridgehead atoms. The highest BCUT2D eigenvalue weighted by Gasteiger charge is 2.03. The van der Waals surface area contributed by atoms with Gasteiger partial charge in [0, 0.05) is 4.47 Å². The van der Waals surface area contributed by atoms with E-state index in [-0.39, 0.29) is 5.82 Å². The second-order valence-electron chi connectivity index (χ2n) is 2.34. The van der Waals surface area contributed by atoms with Gasteiger partial charge in [0.25, 0.3) is 0 Å². The lowest BCUT2D eigenvalue weighted by Crippen LogP contribution is -1.96.